The zero-order valence-electron chi connectivity index (χ0n) is 15.0. The van der Waals surface area contributed by atoms with E-state index >= 15 is 0 Å². The highest BCUT2D eigenvalue weighted by Gasteiger charge is 2.49. The summed E-state index contributed by atoms with van der Waals surface area (Å²) in [6, 6.07) is 14.5. The first-order chi connectivity index (χ1) is 13.0. The summed E-state index contributed by atoms with van der Waals surface area (Å²) in [5.74, 6) is 0.349. The van der Waals surface area contributed by atoms with Crippen LogP contribution in [0, 0.1) is 5.92 Å². The first-order valence-electron chi connectivity index (χ1n) is 9.04. The molecule has 2 aromatic rings. The number of halogens is 1. The lowest BCUT2D eigenvalue weighted by atomic mass is 9.77. The quantitative estimate of drug-likeness (QED) is 0.830. The molecule has 0 spiro atoms. The van der Waals surface area contributed by atoms with Crippen molar-refractivity contribution in [3.05, 3.63) is 64.7 Å². The Balaban J connectivity index is 1.46. The molecule has 4 rings (SSSR count). The third-order valence-corrected chi connectivity index (χ3v) is 5.57. The van der Waals surface area contributed by atoms with Crippen molar-refractivity contribution < 1.29 is 14.3 Å². The van der Waals surface area contributed by atoms with Crippen LogP contribution in [-0.2, 0) is 14.9 Å². The number of hydrogen-bond acceptors (Lipinski definition) is 3. The van der Waals surface area contributed by atoms with Crippen molar-refractivity contribution >= 4 is 29.1 Å². The Labute approximate surface area is 163 Å². The van der Waals surface area contributed by atoms with Crippen LogP contribution in [0.2, 0.25) is 5.02 Å². The highest BCUT2D eigenvalue weighted by Crippen LogP contribution is 2.36. The molecule has 2 unspecified atom stereocenters. The Morgan fingerprint density at radius 3 is 2.41 bits per heavy atom. The van der Waals surface area contributed by atoms with Crippen LogP contribution in [0.1, 0.15) is 29.3 Å². The fourth-order valence-corrected chi connectivity index (χ4v) is 3.46. The van der Waals surface area contributed by atoms with Crippen molar-refractivity contribution in [3.63, 3.8) is 0 Å². The number of rotatable bonds is 5. The first-order valence-corrected chi connectivity index (χ1v) is 9.42. The maximum atomic E-state index is 12.7. The highest BCUT2D eigenvalue weighted by molar-refractivity contribution is 6.31. The summed E-state index contributed by atoms with van der Waals surface area (Å²) in [6.45, 7) is 2.90. The maximum absolute atomic E-state index is 12.7. The zero-order chi connectivity index (χ0) is 19.0. The second-order valence-corrected chi connectivity index (χ2v) is 7.85. The van der Waals surface area contributed by atoms with Gasteiger partial charge in [-0.05, 0) is 48.2 Å². The van der Waals surface area contributed by atoms with Gasteiger partial charge in [0.05, 0.1) is 13.2 Å². The molecule has 0 aromatic heterocycles. The molecule has 2 amide bonds. The van der Waals surface area contributed by atoms with E-state index in [1.807, 2.05) is 24.3 Å². The number of ether oxygens (including phenoxy) is 1. The topological polar surface area (TPSA) is 67.4 Å². The second kappa shape index (κ2) is 6.98. The number of hydrogen-bond donors (Lipinski definition) is 2. The van der Waals surface area contributed by atoms with Crippen LogP contribution in [0.25, 0.3) is 0 Å². The Morgan fingerprint density at radius 2 is 1.85 bits per heavy atom. The molecular weight excluding hydrogens is 364 g/mol. The Kier molecular flexibility index (Phi) is 4.66. The molecule has 1 saturated heterocycles. The van der Waals surface area contributed by atoms with Crippen LogP contribution in [0.15, 0.2) is 48.5 Å². The van der Waals surface area contributed by atoms with Crippen molar-refractivity contribution in [2.24, 2.45) is 5.92 Å². The lowest BCUT2D eigenvalue weighted by molar-refractivity contribution is -0.145. The van der Waals surface area contributed by atoms with E-state index in [2.05, 4.69) is 17.6 Å². The molecule has 2 fully saturated rings. The summed E-state index contributed by atoms with van der Waals surface area (Å²) in [5, 5.41) is 6.48. The molecule has 2 atom stereocenters. The Morgan fingerprint density at radius 1 is 1.15 bits per heavy atom. The molecule has 2 aliphatic rings. The lowest BCUT2D eigenvalue weighted by Gasteiger charge is -2.40. The van der Waals surface area contributed by atoms with E-state index in [1.54, 1.807) is 24.3 Å². The molecule has 27 heavy (non-hydrogen) atoms. The van der Waals surface area contributed by atoms with E-state index in [9.17, 15) is 9.59 Å². The maximum Gasteiger partial charge on any atom is 0.255 e. The van der Waals surface area contributed by atoms with Crippen molar-refractivity contribution in [1.29, 1.82) is 0 Å². The standard InChI is InChI=1S/C21H21ClN2O3/c1-13-9-18(13)24-20(26)21(11-27-12-21)15-5-7-17(8-6-15)23-19(25)14-3-2-4-16(22)10-14/h2-8,10,13,18H,9,11-12H2,1H3,(H,23,25)(H,24,26). The van der Waals surface area contributed by atoms with Gasteiger partial charge >= 0.3 is 0 Å². The van der Waals surface area contributed by atoms with E-state index in [-0.39, 0.29) is 17.9 Å². The van der Waals surface area contributed by atoms with Crippen LogP contribution in [0.4, 0.5) is 5.69 Å². The molecule has 2 N–H and O–H groups in total. The van der Waals surface area contributed by atoms with E-state index in [0.29, 0.717) is 35.4 Å². The predicted octanol–water partition coefficient (Wildman–Crippen LogP) is 3.38. The van der Waals surface area contributed by atoms with Crippen molar-refractivity contribution in [2.45, 2.75) is 24.8 Å². The molecule has 6 heteroatoms. The normalized spacial score (nSPS) is 22.4. The molecule has 1 aliphatic carbocycles. The van der Waals surface area contributed by atoms with Gasteiger partial charge in [-0.15, -0.1) is 0 Å². The smallest absolute Gasteiger partial charge is 0.255 e. The number of benzene rings is 2. The molecule has 1 heterocycles. The van der Waals surface area contributed by atoms with Gasteiger partial charge in [0.15, 0.2) is 0 Å². The zero-order valence-corrected chi connectivity index (χ0v) is 15.8. The van der Waals surface area contributed by atoms with Crippen LogP contribution < -0.4 is 10.6 Å². The van der Waals surface area contributed by atoms with Gasteiger partial charge in [-0.25, -0.2) is 0 Å². The summed E-state index contributed by atoms with van der Waals surface area (Å²) in [5.41, 5.74) is 1.43. The minimum atomic E-state index is -0.627. The van der Waals surface area contributed by atoms with Gasteiger partial charge in [0.1, 0.15) is 5.41 Å². The summed E-state index contributed by atoms with van der Waals surface area (Å²) < 4.78 is 5.36. The molecule has 1 saturated carbocycles. The van der Waals surface area contributed by atoms with E-state index in [1.165, 1.54) is 0 Å². The SMILES string of the molecule is CC1CC1NC(=O)C1(c2ccc(NC(=O)c3cccc(Cl)c3)cc2)COC1. The van der Waals surface area contributed by atoms with Gasteiger partial charge in [-0.3, -0.25) is 9.59 Å². The van der Waals surface area contributed by atoms with E-state index in [4.69, 9.17) is 16.3 Å². The third-order valence-electron chi connectivity index (χ3n) is 5.34. The van der Waals surface area contributed by atoms with Crippen molar-refractivity contribution in [2.75, 3.05) is 18.5 Å². The monoisotopic (exact) mass is 384 g/mol. The van der Waals surface area contributed by atoms with Gasteiger partial charge in [0.2, 0.25) is 5.91 Å². The second-order valence-electron chi connectivity index (χ2n) is 7.41. The minimum Gasteiger partial charge on any atom is -0.378 e. The molecule has 140 valence electrons. The summed E-state index contributed by atoms with van der Waals surface area (Å²) in [7, 11) is 0. The molecule has 0 radical (unpaired) electrons. The number of carbonyl (C=O) groups excluding carboxylic acids is 2. The number of carbonyl (C=O) groups is 2. The van der Waals surface area contributed by atoms with Crippen LogP contribution in [0.5, 0.6) is 0 Å². The molecular formula is C21H21ClN2O3. The third kappa shape index (κ3) is 3.57. The van der Waals surface area contributed by atoms with Crippen LogP contribution in [0.3, 0.4) is 0 Å². The summed E-state index contributed by atoms with van der Waals surface area (Å²) >= 11 is 5.93. The van der Waals surface area contributed by atoms with E-state index < -0.39 is 5.41 Å². The molecule has 0 bridgehead atoms. The predicted molar refractivity (Wildman–Crippen MR) is 104 cm³/mol. The van der Waals surface area contributed by atoms with Gasteiger partial charge < -0.3 is 15.4 Å². The van der Waals surface area contributed by atoms with Crippen molar-refractivity contribution in [1.82, 2.24) is 5.32 Å². The minimum absolute atomic E-state index is 0.0267. The van der Waals surface area contributed by atoms with Gasteiger partial charge in [-0.2, -0.15) is 0 Å². The Bertz CT molecular complexity index is 877. The fourth-order valence-electron chi connectivity index (χ4n) is 3.27. The average molecular weight is 385 g/mol. The largest absolute Gasteiger partial charge is 0.378 e. The summed E-state index contributed by atoms with van der Waals surface area (Å²) in [4.78, 5) is 25.1. The number of anilines is 1. The average Bonchev–Trinajstić information content (AvgIpc) is 3.30. The molecule has 1 aliphatic heterocycles. The van der Waals surface area contributed by atoms with Gasteiger partial charge in [-0.1, -0.05) is 36.7 Å². The van der Waals surface area contributed by atoms with Crippen LogP contribution >= 0.6 is 11.6 Å². The fraction of sp³-hybridized carbons (Fsp3) is 0.333. The summed E-state index contributed by atoms with van der Waals surface area (Å²) in [6.07, 6.45) is 1.04. The highest BCUT2D eigenvalue weighted by atomic mass is 35.5. The van der Waals surface area contributed by atoms with Crippen LogP contribution in [-0.4, -0.2) is 31.1 Å². The van der Waals surface area contributed by atoms with Gasteiger partial charge in [0, 0.05) is 22.3 Å². The molecule has 2 aromatic carbocycles. The first kappa shape index (κ1) is 18.0. The Hall–Kier alpha value is -2.37. The number of nitrogens with one attached hydrogen (secondary N) is 2. The molecule has 5 nitrogen and oxygen atoms in total. The van der Waals surface area contributed by atoms with Gasteiger partial charge in [0.25, 0.3) is 5.91 Å². The number of amides is 2. The van der Waals surface area contributed by atoms with Crippen molar-refractivity contribution in [3.8, 4) is 0 Å². The van der Waals surface area contributed by atoms with E-state index in [0.717, 1.165) is 12.0 Å². The lowest BCUT2D eigenvalue weighted by Crippen LogP contribution is -2.58.